The third-order valence-corrected chi connectivity index (χ3v) is 9.18. The summed E-state index contributed by atoms with van der Waals surface area (Å²) >= 11 is 0. The highest BCUT2D eigenvalue weighted by Gasteiger charge is 2.52. The minimum Gasteiger partial charge on any atom is -0.493 e. The van der Waals surface area contributed by atoms with Crippen LogP contribution in [0.3, 0.4) is 0 Å². The maximum absolute atomic E-state index is 11.9. The fourth-order valence-electron chi connectivity index (χ4n) is 7.72. The van der Waals surface area contributed by atoms with Crippen molar-refractivity contribution in [3.63, 3.8) is 0 Å². The fraction of sp³-hybridized carbons (Fsp3) is 0.654. The van der Waals surface area contributed by atoms with Gasteiger partial charge in [-0.3, -0.25) is 9.69 Å². The second kappa shape index (κ2) is 6.99. The first-order valence-corrected chi connectivity index (χ1v) is 12.0. The molecule has 166 valence electrons. The van der Waals surface area contributed by atoms with Gasteiger partial charge in [0, 0.05) is 18.4 Å². The van der Waals surface area contributed by atoms with Crippen LogP contribution >= 0.6 is 0 Å². The van der Waals surface area contributed by atoms with Crippen LogP contribution in [-0.2, 0) is 10.2 Å². The molecule has 6 aliphatic carbocycles. The molecule has 7 aliphatic rings. The maximum atomic E-state index is 11.9. The van der Waals surface area contributed by atoms with Crippen LogP contribution in [0.4, 0.5) is 0 Å². The van der Waals surface area contributed by atoms with E-state index < -0.39 is 0 Å². The van der Waals surface area contributed by atoms with Gasteiger partial charge in [0.15, 0.2) is 11.5 Å². The molecule has 4 fully saturated rings. The molecule has 1 aromatic carbocycles. The number of allylic oxidation sites excluding steroid dienone is 1. The highest BCUT2D eigenvalue weighted by Crippen LogP contribution is 2.59. The van der Waals surface area contributed by atoms with Gasteiger partial charge in [0.25, 0.3) is 0 Å². The molecule has 0 aromatic heterocycles. The lowest BCUT2D eigenvalue weighted by Gasteiger charge is -2.57. The number of piperidine rings is 1. The first kappa shape index (κ1) is 19.7. The highest BCUT2D eigenvalue weighted by molar-refractivity contribution is 5.74. The number of rotatable bonds is 4. The van der Waals surface area contributed by atoms with Crippen molar-refractivity contribution in [2.75, 3.05) is 27.3 Å². The van der Waals surface area contributed by atoms with E-state index in [2.05, 4.69) is 28.4 Å². The lowest BCUT2D eigenvalue weighted by atomic mass is 9.52. The van der Waals surface area contributed by atoms with Gasteiger partial charge < -0.3 is 14.8 Å². The minimum atomic E-state index is 0.0311. The van der Waals surface area contributed by atoms with E-state index in [0.29, 0.717) is 6.04 Å². The van der Waals surface area contributed by atoms with Crippen LogP contribution in [-0.4, -0.2) is 44.2 Å². The molecule has 1 aromatic rings. The van der Waals surface area contributed by atoms with Gasteiger partial charge in [-0.1, -0.05) is 11.6 Å². The summed E-state index contributed by atoms with van der Waals surface area (Å²) in [5, 5.41) is 3.21. The van der Waals surface area contributed by atoms with Crippen molar-refractivity contribution in [3.8, 4) is 11.5 Å². The van der Waals surface area contributed by atoms with E-state index in [1.54, 1.807) is 26.7 Å². The van der Waals surface area contributed by atoms with E-state index >= 15 is 0 Å². The Morgan fingerprint density at radius 1 is 1.06 bits per heavy atom. The zero-order valence-electron chi connectivity index (χ0n) is 18.9. The predicted molar refractivity (Wildman–Crippen MR) is 119 cm³/mol. The molecule has 1 amide bonds. The standard InChI is InChI=1S/C26H34N2O3/c1-15(29)27-22-14-26(21-13-25(31-3)24(30-2)12-20(21)22)4-6-28(7-5-26)23-11-19-16-8-17(19)10-18(23)9-16/h11-13,16-18,22-23H,4-10,14H2,1-3H3,(H,27,29)/t16?,17?,18?,22-,23?/m0/s1. The van der Waals surface area contributed by atoms with Crippen molar-refractivity contribution in [2.24, 2.45) is 17.8 Å². The van der Waals surface area contributed by atoms with E-state index in [1.807, 2.05) is 0 Å². The summed E-state index contributed by atoms with van der Waals surface area (Å²) in [4.78, 5) is 14.7. The van der Waals surface area contributed by atoms with Crippen molar-refractivity contribution in [2.45, 2.75) is 62.9 Å². The summed E-state index contributed by atoms with van der Waals surface area (Å²) < 4.78 is 11.2. The largest absolute Gasteiger partial charge is 0.493 e. The molecule has 4 atom stereocenters. The Bertz CT molecular complexity index is 932. The maximum Gasteiger partial charge on any atom is 0.217 e. The number of fused-ring (bicyclic) bond motifs is 3. The highest BCUT2D eigenvalue weighted by atomic mass is 16.5. The monoisotopic (exact) mass is 422 g/mol. The van der Waals surface area contributed by atoms with Crippen molar-refractivity contribution in [1.82, 2.24) is 10.2 Å². The lowest BCUT2D eigenvalue weighted by molar-refractivity contribution is -0.119. The molecule has 5 nitrogen and oxygen atoms in total. The first-order valence-electron chi connectivity index (χ1n) is 12.0. The number of methoxy groups -OCH3 is 2. The van der Waals surface area contributed by atoms with E-state index in [-0.39, 0.29) is 17.4 Å². The molecule has 3 saturated carbocycles. The first-order chi connectivity index (χ1) is 15.0. The number of carbonyl (C=O) groups is 1. The summed E-state index contributed by atoms with van der Waals surface area (Å²) in [6.45, 7) is 3.89. The SMILES string of the molecule is COc1cc2c(cc1OC)C1(CCN(C3C=C4C5CC4CC3C5)CC1)C[C@@H]2NC(C)=O. The number of nitrogens with one attached hydrogen (secondary N) is 1. The van der Waals surface area contributed by atoms with Gasteiger partial charge in [-0.25, -0.2) is 0 Å². The Labute approximate surface area is 185 Å². The molecular weight excluding hydrogens is 388 g/mol. The summed E-state index contributed by atoms with van der Waals surface area (Å²) in [5.41, 5.74) is 4.47. The number of nitrogens with zero attached hydrogens (tertiary/aromatic N) is 1. The summed E-state index contributed by atoms with van der Waals surface area (Å²) in [6.07, 6.45) is 10.2. The van der Waals surface area contributed by atoms with Crippen LogP contribution in [0.15, 0.2) is 23.8 Å². The van der Waals surface area contributed by atoms with Gasteiger partial charge in [0.2, 0.25) is 5.91 Å². The number of benzene rings is 1. The van der Waals surface area contributed by atoms with Gasteiger partial charge in [0.1, 0.15) is 0 Å². The van der Waals surface area contributed by atoms with Crippen molar-refractivity contribution in [1.29, 1.82) is 0 Å². The lowest BCUT2D eigenvalue weighted by Crippen LogP contribution is -2.55. The van der Waals surface area contributed by atoms with Gasteiger partial charge in [-0.2, -0.15) is 0 Å². The summed E-state index contributed by atoms with van der Waals surface area (Å²) in [5.74, 6) is 4.30. The molecule has 0 radical (unpaired) electrons. The Kier molecular flexibility index (Phi) is 4.44. The molecule has 3 unspecified atom stereocenters. The third-order valence-electron chi connectivity index (χ3n) is 9.18. The normalized spacial score (nSPS) is 34.7. The topological polar surface area (TPSA) is 50.8 Å². The predicted octanol–water partition coefficient (Wildman–Crippen LogP) is 3.97. The molecule has 1 N–H and O–H groups in total. The fourth-order valence-corrected chi connectivity index (χ4v) is 7.72. The second-order valence-corrected chi connectivity index (χ2v) is 10.6. The Morgan fingerprint density at radius 2 is 1.74 bits per heavy atom. The number of carbonyl (C=O) groups excluding carboxylic acids is 1. The van der Waals surface area contributed by atoms with Crippen LogP contribution in [0.1, 0.15) is 62.6 Å². The Hall–Kier alpha value is -2.01. The van der Waals surface area contributed by atoms with Crippen molar-refractivity contribution < 1.29 is 14.3 Å². The van der Waals surface area contributed by atoms with Crippen molar-refractivity contribution in [3.05, 3.63) is 34.9 Å². The van der Waals surface area contributed by atoms with Crippen LogP contribution in [0, 0.1) is 17.8 Å². The van der Waals surface area contributed by atoms with E-state index in [4.69, 9.17) is 9.47 Å². The summed E-state index contributed by atoms with van der Waals surface area (Å²) in [6, 6.07) is 4.99. The molecule has 8 rings (SSSR count). The quantitative estimate of drug-likeness (QED) is 0.746. The minimum absolute atomic E-state index is 0.0311. The number of ether oxygens (including phenoxy) is 2. The van der Waals surface area contributed by atoms with E-state index in [9.17, 15) is 4.79 Å². The molecule has 5 heteroatoms. The smallest absolute Gasteiger partial charge is 0.217 e. The van der Waals surface area contributed by atoms with Gasteiger partial charge in [0.05, 0.1) is 20.3 Å². The molecule has 1 heterocycles. The molecule has 1 saturated heterocycles. The second-order valence-electron chi connectivity index (χ2n) is 10.6. The summed E-state index contributed by atoms with van der Waals surface area (Å²) in [7, 11) is 3.38. The Morgan fingerprint density at radius 3 is 2.32 bits per heavy atom. The molecule has 31 heavy (non-hydrogen) atoms. The van der Waals surface area contributed by atoms with E-state index in [0.717, 1.165) is 61.6 Å². The number of hydrogen-bond acceptors (Lipinski definition) is 4. The number of hydrogen-bond donors (Lipinski definition) is 1. The van der Waals surface area contributed by atoms with Crippen molar-refractivity contribution >= 4 is 5.91 Å². The average Bonchev–Trinajstić information content (AvgIpc) is 3.05. The molecule has 1 spiro atoms. The van der Waals surface area contributed by atoms with Gasteiger partial charge in [-0.05, 0) is 92.6 Å². The number of amides is 1. The van der Waals surface area contributed by atoms with Crippen LogP contribution in [0.2, 0.25) is 0 Å². The third kappa shape index (κ3) is 2.88. The zero-order valence-corrected chi connectivity index (χ0v) is 18.9. The molecular formula is C26H34N2O3. The molecule has 4 bridgehead atoms. The van der Waals surface area contributed by atoms with Crippen LogP contribution in [0.5, 0.6) is 11.5 Å². The van der Waals surface area contributed by atoms with Gasteiger partial charge in [-0.15, -0.1) is 0 Å². The number of likely N-dealkylation sites (tertiary alicyclic amines) is 1. The van der Waals surface area contributed by atoms with Crippen LogP contribution in [0.25, 0.3) is 0 Å². The molecule has 1 aliphatic heterocycles. The zero-order chi connectivity index (χ0) is 21.3. The Balaban J connectivity index is 1.27. The van der Waals surface area contributed by atoms with E-state index in [1.165, 1.54) is 30.4 Å². The van der Waals surface area contributed by atoms with Crippen LogP contribution < -0.4 is 14.8 Å². The van der Waals surface area contributed by atoms with Gasteiger partial charge >= 0.3 is 0 Å². The average molecular weight is 423 g/mol.